The number of nitrogens with zero attached hydrogens (tertiary/aromatic N) is 1. The predicted octanol–water partition coefficient (Wildman–Crippen LogP) is 2.52. The average molecular weight is 230 g/mol. The van der Waals surface area contributed by atoms with Crippen LogP contribution in [0, 0.1) is 10.1 Å². The largest absolute Gasteiger partial charge is 0.395 e. The van der Waals surface area contributed by atoms with Crippen LogP contribution in [0.5, 0.6) is 0 Å². The highest BCUT2D eigenvalue weighted by atomic mass is 35.5. The second-order valence-corrected chi connectivity index (χ2v) is 4.37. The Hall–Kier alpha value is -1.13. The lowest BCUT2D eigenvalue weighted by Gasteiger charge is -2.23. The molecule has 0 unspecified atom stereocenters. The minimum absolute atomic E-state index is 0.0440. The van der Waals surface area contributed by atoms with Gasteiger partial charge in [-0.15, -0.1) is 0 Å². The summed E-state index contributed by atoms with van der Waals surface area (Å²) in [4.78, 5) is 9.98. The Balaban J connectivity index is 3.19. The van der Waals surface area contributed by atoms with Crippen molar-refractivity contribution >= 4 is 17.3 Å². The van der Waals surface area contributed by atoms with E-state index in [0.717, 1.165) is 0 Å². The van der Waals surface area contributed by atoms with Crippen molar-refractivity contribution in [2.75, 3.05) is 6.61 Å². The van der Waals surface area contributed by atoms with Gasteiger partial charge in [-0.25, -0.2) is 0 Å². The van der Waals surface area contributed by atoms with Gasteiger partial charge in [-0.2, -0.15) is 0 Å². The van der Waals surface area contributed by atoms with E-state index in [9.17, 15) is 10.1 Å². The number of nitro benzene ring substituents is 1. The van der Waals surface area contributed by atoms with Crippen molar-refractivity contribution in [3.05, 3.63) is 38.9 Å². The molecule has 0 saturated heterocycles. The zero-order valence-electron chi connectivity index (χ0n) is 8.53. The Morgan fingerprint density at radius 1 is 1.53 bits per heavy atom. The van der Waals surface area contributed by atoms with Crippen molar-refractivity contribution in [2.45, 2.75) is 19.3 Å². The average Bonchev–Trinajstić information content (AvgIpc) is 2.17. The summed E-state index contributed by atoms with van der Waals surface area (Å²) in [6.45, 7) is 3.57. The summed E-state index contributed by atoms with van der Waals surface area (Å²) in [5.74, 6) is 0. The summed E-state index contributed by atoms with van der Waals surface area (Å²) >= 11 is 5.92. The molecule has 1 aromatic carbocycles. The van der Waals surface area contributed by atoms with Crippen LogP contribution in [0.25, 0.3) is 0 Å². The van der Waals surface area contributed by atoms with Crippen LogP contribution in [0.2, 0.25) is 5.02 Å². The first-order valence-electron chi connectivity index (χ1n) is 4.44. The molecule has 4 nitrogen and oxygen atoms in total. The molecular formula is C10H12ClNO3. The number of aliphatic hydroxyl groups excluding tert-OH is 1. The third-order valence-corrected chi connectivity index (χ3v) is 2.60. The highest BCUT2D eigenvalue weighted by Crippen LogP contribution is 2.31. The Bertz CT molecular complexity index is 390. The van der Waals surface area contributed by atoms with Crippen LogP contribution in [-0.4, -0.2) is 16.6 Å². The molecule has 5 heteroatoms. The monoisotopic (exact) mass is 229 g/mol. The lowest BCUT2D eigenvalue weighted by Crippen LogP contribution is -2.22. The lowest BCUT2D eigenvalue weighted by atomic mass is 9.85. The van der Waals surface area contributed by atoms with Gasteiger partial charge in [0.05, 0.1) is 16.6 Å². The molecule has 0 atom stereocenters. The van der Waals surface area contributed by atoms with Gasteiger partial charge in [0.25, 0.3) is 5.69 Å². The van der Waals surface area contributed by atoms with Crippen LogP contribution in [-0.2, 0) is 5.41 Å². The molecule has 0 bridgehead atoms. The van der Waals surface area contributed by atoms with E-state index in [-0.39, 0.29) is 12.3 Å². The second-order valence-electron chi connectivity index (χ2n) is 3.96. The first kappa shape index (κ1) is 11.9. The summed E-state index contributed by atoms with van der Waals surface area (Å²) < 4.78 is 0. The molecule has 0 saturated carbocycles. The van der Waals surface area contributed by atoms with Gasteiger partial charge < -0.3 is 5.11 Å². The third kappa shape index (κ3) is 2.46. The lowest BCUT2D eigenvalue weighted by molar-refractivity contribution is -0.384. The zero-order valence-corrected chi connectivity index (χ0v) is 9.28. The minimum Gasteiger partial charge on any atom is -0.395 e. The smallest absolute Gasteiger partial charge is 0.270 e. The van der Waals surface area contributed by atoms with Gasteiger partial charge in [0, 0.05) is 17.5 Å². The minimum atomic E-state index is -0.498. The molecule has 0 aromatic heterocycles. The first-order chi connectivity index (χ1) is 6.88. The molecule has 1 rings (SSSR count). The van der Waals surface area contributed by atoms with Crippen LogP contribution in [0.1, 0.15) is 19.4 Å². The van der Waals surface area contributed by atoms with E-state index < -0.39 is 10.3 Å². The SMILES string of the molecule is CC(C)(CO)c1ccc([N+](=O)[O-])cc1Cl. The number of non-ortho nitro benzene ring substituents is 1. The predicted molar refractivity (Wildman–Crippen MR) is 58.2 cm³/mol. The van der Waals surface area contributed by atoms with Gasteiger partial charge in [0.1, 0.15) is 0 Å². The molecule has 1 aromatic rings. The van der Waals surface area contributed by atoms with Crippen LogP contribution in [0.15, 0.2) is 18.2 Å². The number of hydrogen-bond acceptors (Lipinski definition) is 3. The number of hydrogen-bond donors (Lipinski definition) is 1. The standard InChI is InChI=1S/C10H12ClNO3/c1-10(2,6-13)8-4-3-7(12(14)15)5-9(8)11/h3-5,13H,6H2,1-2H3. The molecule has 0 heterocycles. The molecule has 0 spiro atoms. The Kier molecular flexibility index (Phi) is 3.31. The van der Waals surface area contributed by atoms with Crippen molar-refractivity contribution in [2.24, 2.45) is 0 Å². The molecule has 1 N–H and O–H groups in total. The van der Waals surface area contributed by atoms with Crippen molar-refractivity contribution in [1.29, 1.82) is 0 Å². The topological polar surface area (TPSA) is 63.4 Å². The number of aliphatic hydroxyl groups is 1. The van der Waals surface area contributed by atoms with Crippen LogP contribution < -0.4 is 0 Å². The first-order valence-corrected chi connectivity index (χ1v) is 4.81. The summed E-state index contributed by atoms with van der Waals surface area (Å²) in [7, 11) is 0. The number of halogens is 1. The van der Waals surface area contributed by atoms with E-state index in [2.05, 4.69) is 0 Å². The number of nitro groups is 1. The maximum absolute atomic E-state index is 10.5. The van der Waals surface area contributed by atoms with E-state index in [1.807, 2.05) is 13.8 Å². The highest BCUT2D eigenvalue weighted by Gasteiger charge is 2.23. The van der Waals surface area contributed by atoms with E-state index in [1.54, 1.807) is 6.07 Å². The van der Waals surface area contributed by atoms with Gasteiger partial charge >= 0.3 is 0 Å². The molecule has 0 aliphatic heterocycles. The molecule has 82 valence electrons. The fraction of sp³-hybridized carbons (Fsp3) is 0.400. The van der Waals surface area contributed by atoms with Crippen molar-refractivity contribution in [1.82, 2.24) is 0 Å². The third-order valence-electron chi connectivity index (χ3n) is 2.29. The Labute approximate surface area is 92.6 Å². The highest BCUT2D eigenvalue weighted by molar-refractivity contribution is 6.31. The maximum Gasteiger partial charge on any atom is 0.270 e. The van der Waals surface area contributed by atoms with E-state index in [4.69, 9.17) is 16.7 Å². The molecule has 0 radical (unpaired) electrons. The summed E-state index contributed by atoms with van der Waals surface area (Å²) in [5, 5.41) is 19.9. The Morgan fingerprint density at radius 2 is 2.13 bits per heavy atom. The molecule has 0 aliphatic rings. The molecule has 0 amide bonds. The fourth-order valence-electron chi connectivity index (χ4n) is 1.25. The van der Waals surface area contributed by atoms with Gasteiger partial charge in [-0.05, 0) is 5.56 Å². The molecule has 0 aliphatic carbocycles. The van der Waals surface area contributed by atoms with E-state index in [0.29, 0.717) is 10.6 Å². The zero-order chi connectivity index (χ0) is 11.6. The van der Waals surface area contributed by atoms with Gasteiger partial charge in [0.2, 0.25) is 0 Å². The van der Waals surface area contributed by atoms with Crippen molar-refractivity contribution < 1.29 is 10.0 Å². The van der Waals surface area contributed by atoms with Gasteiger partial charge in [-0.3, -0.25) is 10.1 Å². The van der Waals surface area contributed by atoms with Crippen LogP contribution in [0.3, 0.4) is 0 Å². The summed E-state index contributed by atoms with van der Waals surface area (Å²) in [5.41, 5.74) is 0.168. The molecule has 0 fully saturated rings. The number of benzene rings is 1. The summed E-state index contributed by atoms with van der Waals surface area (Å²) in [6, 6.07) is 4.27. The number of rotatable bonds is 3. The molecule has 15 heavy (non-hydrogen) atoms. The molecular weight excluding hydrogens is 218 g/mol. The summed E-state index contributed by atoms with van der Waals surface area (Å²) in [6.07, 6.45) is 0. The van der Waals surface area contributed by atoms with Crippen molar-refractivity contribution in [3.63, 3.8) is 0 Å². The Morgan fingerprint density at radius 3 is 2.53 bits per heavy atom. The van der Waals surface area contributed by atoms with Gasteiger partial charge in [-0.1, -0.05) is 31.5 Å². The van der Waals surface area contributed by atoms with E-state index >= 15 is 0 Å². The maximum atomic E-state index is 10.5. The van der Waals surface area contributed by atoms with E-state index in [1.165, 1.54) is 12.1 Å². The fourth-order valence-corrected chi connectivity index (χ4v) is 1.68. The normalized spacial score (nSPS) is 11.5. The van der Waals surface area contributed by atoms with Crippen LogP contribution >= 0.6 is 11.6 Å². The second kappa shape index (κ2) is 4.16. The van der Waals surface area contributed by atoms with Crippen LogP contribution in [0.4, 0.5) is 5.69 Å². The quantitative estimate of drug-likeness (QED) is 0.640. The van der Waals surface area contributed by atoms with Gasteiger partial charge in [0.15, 0.2) is 0 Å². The van der Waals surface area contributed by atoms with Crippen molar-refractivity contribution in [3.8, 4) is 0 Å².